The molecule has 0 aliphatic carbocycles. The number of primary amides is 1. The second-order valence-corrected chi connectivity index (χ2v) is 3.26. The Hall–Kier alpha value is -2.37. The van der Waals surface area contributed by atoms with Crippen LogP contribution in [0.2, 0.25) is 0 Å². The van der Waals surface area contributed by atoms with Crippen molar-refractivity contribution in [2.45, 2.75) is 13.8 Å². The molecule has 0 aromatic rings. The summed E-state index contributed by atoms with van der Waals surface area (Å²) in [5.74, 6) is -1.60. The van der Waals surface area contributed by atoms with E-state index in [4.69, 9.17) is 5.73 Å². The van der Waals surface area contributed by atoms with Crippen LogP contribution in [0.1, 0.15) is 13.8 Å². The highest BCUT2D eigenvalue weighted by Crippen LogP contribution is 2.00. The number of amides is 1. The fourth-order valence-corrected chi connectivity index (χ4v) is 0.871. The fourth-order valence-electron chi connectivity index (χ4n) is 0.871. The number of ether oxygens (including phenoxy) is 2. The van der Waals surface area contributed by atoms with Gasteiger partial charge in [0.15, 0.2) is 0 Å². The lowest BCUT2D eigenvalue weighted by Gasteiger charge is -2.02. The van der Waals surface area contributed by atoms with Gasteiger partial charge in [-0.2, -0.15) is 0 Å². The largest absolute Gasteiger partial charge is 0.461 e. The zero-order chi connectivity index (χ0) is 14.1. The highest BCUT2D eigenvalue weighted by Gasteiger charge is 2.05. The third-order valence-corrected chi connectivity index (χ3v) is 1.60. The van der Waals surface area contributed by atoms with Crippen LogP contribution in [0.3, 0.4) is 0 Å². The second kappa shape index (κ2) is 7.83. The van der Waals surface area contributed by atoms with Gasteiger partial charge in [-0.3, -0.25) is 14.4 Å². The van der Waals surface area contributed by atoms with Crippen LogP contribution in [0.15, 0.2) is 36.1 Å². The molecule has 6 heteroatoms. The lowest BCUT2D eigenvalue weighted by Crippen LogP contribution is -2.18. The molecule has 18 heavy (non-hydrogen) atoms. The quantitative estimate of drug-likeness (QED) is 0.323. The van der Waals surface area contributed by atoms with Gasteiger partial charge in [-0.15, -0.1) is 0 Å². The third-order valence-electron chi connectivity index (χ3n) is 1.60. The molecule has 0 aliphatic rings. The van der Waals surface area contributed by atoms with Gasteiger partial charge in [0.2, 0.25) is 5.91 Å². The average molecular weight is 253 g/mol. The van der Waals surface area contributed by atoms with E-state index in [0.717, 1.165) is 0 Å². The van der Waals surface area contributed by atoms with Gasteiger partial charge in [0, 0.05) is 13.8 Å². The van der Waals surface area contributed by atoms with Crippen molar-refractivity contribution in [2.75, 3.05) is 6.61 Å². The number of carbonyl (C=O) groups is 3. The van der Waals surface area contributed by atoms with Gasteiger partial charge in [0.1, 0.15) is 12.4 Å². The first-order valence-corrected chi connectivity index (χ1v) is 5.00. The van der Waals surface area contributed by atoms with Gasteiger partial charge in [0.25, 0.3) is 0 Å². The van der Waals surface area contributed by atoms with Crippen LogP contribution >= 0.6 is 0 Å². The average Bonchev–Trinajstić information content (AvgIpc) is 2.20. The van der Waals surface area contributed by atoms with E-state index >= 15 is 0 Å². The van der Waals surface area contributed by atoms with Crippen molar-refractivity contribution in [1.82, 2.24) is 0 Å². The second-order valence-electron chi connectivity index (χ2n) is 3.26. The number of hydrogen-bond acceptors (Lipinski definition) is 5. The molecule has 0 spiro atoms. The van der Waals surface area contributed by atoms with Crippen LogP contribution in [0.5, 0.6) is 0 Å². The molecule has 0 atom stereocenters. The minimum absolute atomic E-state index is 0.108. The van der Waals surface area contributed by atoms with E-state index in [1.807, 2.05) is 0 Å². The van der Waals surface area contributed by atoms with Crippen molar-refractivity contribution in [3.8, 4) is 0 Å². The Labute approximate surface area is 105 Å². The number of hydrogen-bond donors (Lipinski definition) is 1. The number of rotatable bonds is 6. The van der Waals surface area contributed by atoms with E-state index in [1.165, 1.54) is 32.1 Å². The van der Waals surface area contributed by atoms with Crippen molar-refractivity contribution in [1.29, 1.82) is 0 Å². The van der Waals surface area contributed by atoms with Gasteiger partial charge < -0.3 is 15.2 Å². The molecule has 0 saturated carbocycles. The van der Waals surface area contributed by atoms with Gasteiger partial charge in [-0.1, -0.05) is 12.7 Å². The van der Waals surface area contributed by atoms with E-state index in [2.05, 4.69) is 16.1 Å². The number of esters is 2. The summed E-state index contributed by atoms with van der Waals surface area (Å²) in [7, 11) is 0. The maximum atomic E-state index is 11.0. The molecular formula is C12H15NO5. The Morgan fingerprint density at radius 2 is 1.83 bits per heavy atom. The fraction of sp³-hybridized carbons (Fsp3) is 0.250. The topological polar surface area (TPSA) is 95.7 Å². The number of nitrogens with two attached hydrogens (primary N) is 1. The Kier molecular flexibility index (Phi) is 6.80. The Balaban J connectivity index is 4.53. The van der Waals surface area contributed by atoms with Gasteiger partial charge >= 0.3 is 11.9 Å². The van der Waals surface area contributed by atoms with Gasteiger partial charge in [-0.05, 0) is 12.2 Å². The predicted octanol–water partition coefficient (Wildman–Crippen LogP) is 0.594. The Morgan fingerprint density at radius 1 is 1.22 bits per heavy atom. The van der Waals surface area contributed by atoms with Crippen molar-refractivity contribution < 1.29 is 23.9 Å². The lowest BCUT2D eigenvalue weighted by atomic mass is 10.2. The van der Waals surface area contributed by atoms with E-state index in [9.17, 15) is 14.4 Å². The molecule has 2 N–H and O–H groups in total. The summed E-state index contributed by atoms with van der Waals surface area (Å²) >= 11 is 0. The standard InChI is InChI=1S/C12H15NO5/c1-8(18-10(3)15)5-4-6-11(12(13)16)7-17-9(2)14/h4-6H,1,7H2,2-3H3,(H2,13,16)/b5-4-,11-6+. The van der Waals surface area contributed by atoms with E-state index in [1.54, 1.807) is 0 Å². The van der Waals surface area contributed by atoms with Gasteiger partial charge in [0.05, 0.1) is 5.57 Å². The number of carbonyl (C=O) groups excluding carboxylic acids is 3. The summed E-state index contributed by atoms with van der Waals surface area (Å²) in [6.45, 7) is 5.70. The minimum atomic E-state index is -0.709. The molecule has 0 heterocycles. The highest BCUT2D eigenvalue weighted by molar-refractivity contribution is 5.92. The van der Waals surface area contributed by atoms with Crippen LogP contribution in [-0.4, -0.2) is 24.5 Å². The van der Waals surface area contributed by atoms with Crippen LogP contribution in [0.25, 0.3) is 0 Å². The minimum Gasteiger partial charge on any atom is -0.461 e. The van der Waals surface area contributed by atoms with Crippen molar-refractivity contribution in [2.24, 2.45) is 5.73 Å². The molecule has 0 aromatic heterocycles. The Bertz CT molecular complexity index is 420. The SMILES string of the molecule is C=C(/C=C\C=C(/COC(C)=O)C(N)=O)OC(C)=O. The molecule has 0 aromatic carbocycles. The molecule has 0 rings (SSSR count). The maximum Gasteiger partial charge on any atom is 0.308 e. The first-order chi connectivity index (χ1) is 8.32. The normalized spacial score (nSPS) is 11.1. The smallest absolute Gasteiger partial charge is 0.308 e. The van der Waals surface area contributed by atoms with E-state index < -0.39 is 17.8 Å². The zero-order valence-corrected chi connectivity index (χ0v) is 10.3. The molecule has 0 bridgehead atoms. The first kappa shape index (κ1) is 15.6. The van der Waals surface area contributed by atoms with Crippen LogP contribution < -0.4 is 5.73 Å². The summed E-state index contributed by atoms with van der Waals surface area (Å²) in [6, 6.07) is 0. The molecule has 98 valence electrons. The molecule has 0 aliphatic heterocycles. The summed E-state index contributed by atoms with van der Waals surface area (Å²) in [4.78, 5) is 32.1. The van der Waals surface area contributed by atoms with Crippen molar-refractivity contribution in [3.05, 3.63) is 36.1 Å². The molecule has 1 amide bonds. The molecule has 0 radical (unpaired) electrons. The third kappa shape index (κ3) is 7.86. The zero-order valence-electron chi connectivity index (χ0n) is 10.3. The summed E-state index contributed by atoms with van der Waals surface area (Å²) in [5.41, 5.74) is 5.19. The monoisotopic (exact) mass is 253 g/mol. The molecule has 0 unspecified atom stereocenters. The summed E-state index contributed by atoms with van der Waals surface area (Å²) < 4.78 is 9.28. The van der Waals surface area contributed by atoms with E-state index in [0.29, 0.717) is 0 Å². The molecular weight excluding hydrogens is 238 g/mol. The van der Waals surface area contributed by atoms with Crippen LogP contribution in [0, 0.1) is 0 Å². The molecule has 0 fully saturated rings. The highest BCUT2D eigenvalue weighted by atomic mass is 16.5. The van der Waals surface area contributed by atoms with Crippen LogP contribution in [0.4, 0.5) is 0 Å². The van der Waals surface area contributed by atoms with E-state index in [-0.39, 0.29) is 17.9 Å². The summed E-state index contributed by atoms with van der Waals surface area (Å²) in [5, 5.41) is 0. The lowest BCUT2D eigenvalue weighted by molar-refractivity contribution is -0.140. The number of allylic oxidation sites excluding steroid dienone is 3. The molecule has 0 saturated heterocycles. The maximum absolute atomic E-state index is 11.0. The predicted molar refractivity (Wildman–Crippen MR) is 64.0 cm³/mol. The van der Waals surface area contributed by atoms with Crippen molar-refractivity contribution in [3.63, 3.8) is 0 Å². The first-order valence-electron chi connectivity index (χ1n) is 5.00. The molecule has 6 nitrogen and oxygen atoms in total. The Morgan fingerprint density at radius 3 is 2.28 bits per heavy atom. The summed E-state index contributed by atoms with van der Waals surface area (Å²) in [6.07, 6.45) is 4.13. The van der Waals surface area contributed by atoms with Gasteiger partial charge in [-0.25, -0.2) is 0 Å². The van der Waals surface area contributed by atoms with Crippen LogP contribution in [-0.2, 0) is 23.9 Å². The van der Waals surface area contributed by atoms with Crippen molar-refractivity contribution >= 4 is 17.8 Å².